The Morgan fingerprint density at radius 3 is 2.23 bits per heavy atom. The van der Waals surface area contributed by atoms with Crippen molar-refractivity contribution in [2.24, 2.45) is 0 Å². The monoisotopic (exact) mass is 435 g/mol. The SMILES string of the molecule is COC(=O)Cc1ccc(OC)c(-c2ccc(C(F)(F)F)cc2CNCC(F)(F)F)c1. The van der Waals surface area contributed by atoms with Gasteiger partial charge in [-0.2, -0.15) is 26.3 Å². The lowest BCUT2D eigenvalue weighted by Crippen LogP contribution is -2.28. The highest BCUT2D eigenvalue weighted by atomic mass is 19.4. The molecule has 2 aromatic rings. The Hall–Kier alpha value is -2.75. The molecule has 0 aliphatic heterocycles. The van der Waals surface area contributed by atoms with Gasteiger partial charge in [0.25, 0.3) is 0 Å². The Bertz CT molecular complexity index is 893. The predicted molar refractivity (Wildman–Crippen MR) is 96.9 cm³/mol. The van der Waals surface area contributed by atoms with Crippen molar-refractivity contribution in [3.05, 3.63) is 53.1 Å². The second-order valence-corrected chi connectivity index (χ2v) is 6.38. The van der Waals surface area contributed by atoms with Crippen molar-refractivity contribution in [1.29, 1.82) is 0 Å². The number of hydrogen-bond acceptors (Lipinski definition) is 4. The third kappa shape index (κ3) is 6.38. The van der Waals surface area contributed by atoms with E-state index in [-0.39, 0.29) is 17.5 Å². The highest BCUT2D eigenvalue weighted by Gasteiger charge is 2.32. The van der Waals surface area contributed by atoms with Gasteiger partial charge in [-0.3, -0.25) is 4.79 Å². The van der Waals surface area contributed by atoms with E-state index in [2.05, 4.69) is 10.1 Å². The predicted octanol–water partition coefficient (Wildman–Crippen LogP) is 4.75. The van der Waals surface area contributed by atoms with Crippen LogP contribution in [0.15, 0.2) is 36.4 Å². The van der Waals surface area contributed by atoms with E-state index >= 15 is 0 Å². The van der Waals surface area contributed by atoms with Crippen LogP contribution >= 0.6 is 0 Å². The molecule has 10 heteroatoms. The molecule has 2 aromatic carbocycles. The van der Waals surface area contributed by atoms with E-state index in [1.165, 1.54) is 32.4 Å². The van der Waals surface area contributed by atoms with Gasteiger partial charge in [-0.15, -0.1) is 0 Å². The molecule has 0 aliphatic carbocycles. The number of benzene rings is 2. The zero-order valence-corrected chi connectivity index (χ0v) is 16.1. The summed E-state index contributed by atoms with van der Waals surface area (Å²) in [5, 5.41) is 2.12. The number of ether oxygens (including phenoxy) is 2. The molecule has 0 bridgehead atoms. The maximum Gasteiger partial charge on any atom is 0.416 e. The molecule has 1 N–H and O–H groups in total. The van der Waals surface area contributed by atoms with Crippen LogP contribution in [0.25, 0.3) is 11.1 Å². The number of nitrogens with one attached hydrogen (secondary N) is 1. The van der Waals surface area contributed by atoms with E-state index in [1.807, 2.05) is 0 Å². The lowest BCUT2D eigenvalue weighted by atomic mass is 9.94. The maximum atomic E-state index is 13.1. The number of carbonyl (C=O) groups excluding carboxylic acids is 1. The molecule has 164 valence electrons. The molecule has 0 aliphatic rings. The summed E-state index contributed by atoms with van der Waals surface area (Å²) in [6, 6.07) is 7.46. The molecular formula is C20H19F6NO3. The quantitative estimate of drug-likeness (QED) is 0.504. The molecule has 0 aromatic heterocycles. The Morgan fingerprint density at radius 1 is 0.967 bits per heavy atom. The van der Waals surface area contributed by atoms with Gasteiger partial charge in [0.1, 0.15) is 5.75 Å². The molecule has 0 unspecified atom stereocenters. The number of rotatable bonds is 7. The lowest BCUT2D eigenvalue weighted by Gasteiger charge is -2.18. The van der Waals surface area contributed by atoms with Crippen LogP contribution in [0.4, 0.5) is 26.3 Å². The minimum atomic E-state index is -4.66. The number of esters is 1. The number of hydrogen-bond donors (Lipinski definition) is 1. The van der Waals surface area contributed by atoms with E-state index in [0.717, 1.165) is 12.1 Å². The maximum absolute atomic E-state index is 13.1. The van der Waals surface area contributed by atoms with Crippen molar-refractivity contribution in [1.82, 2.24) is 5.32 Å². The molecule has 0 spiro atoms. The summed E-state index contributed by atoms with van der Waals surface area (Å²) in [4.78, 5) is 11.5. The smallest absolute Gasteiger partial charge is 0.416 e. The number of halogens is 6. The lowest BCUT2D eigenvalue weighted by molar-refractivity contribution is -0.140. The summed E-state index contributed by atoms with van der Waals surface area (Å²) in [5.41, 5.74) is 0.117. The van der Waals surface area contributed by atoms with Gasteiger partial charge in [-0.05, 0) is 41.0 Å². The molecule has 0 atom stereocenters. The summed E-state index contributed by atoms with van der Waals surface area (Å²) in [5.74, 6) is -0.231. The number of alkyl halides is 6. The zero-order valence-electron chi connectivity index (χ0n) is 16.1. The molecule has 4 nitrogen and oxygen atoms in total. The Kier molecular flexibility index (Phi) is 7.35. The molecule has 0 amide bonds. The highest BCUT2D eigenvalue weighted by Crippen LogP contribution is 2.37. The molecule has 30 heavy (non-hydrogen) atoms. The third-order valence-corrected chi connectivity index (χ3v) is 4.20. The fourth-order valence-corrected chi connectivity index (χ4v) is 2.83. The first-order chi connectivity index (χ1) is 13.9. The zero-order chi connectivity index (χ0) is 22.5. The first-order valence-electron chi connectivity index (χ1n) is 8.66. The van der Waals surface area contributed by atoms with Crippen LogP contribution < -0.4 is 10.1 Å². The van der Waals surface area contributed by atoms with Gasteiger partial charge >= 0.3 is 18.3 Å². The second kappa shape index (κ2) is 9.38. The molecule has 0 fully saturated rings. The summed E-state index contributed by atoms with van der Waals surface area (Å²) in [6.07, 6.45) is -9.26. The largest absolute Gasteiger partial charge is 0.496 e. The normalized spacial score (nSPS) is 12.0. The number of carbonyl (C=O) groups is 1. The average Bonchev–Trinajstić information content (AvgIpc) is 2.66. The van der Waals surface area contributed by atoms with Crippen LogP contribution in [-0.2, 0) is 28.7 Å². The van der Waals surface area contributed by atoms with E-state index < -0.39 is 37.0 Å². The minimum Gasteiger partial charge on any atom is -0.496 e. The van der Waals surface area contributed by atoms with Crippen LogP contribution in [0.2, 0.25) is 0 Å². The molecule has 0 saturated carbocycles. The van der Waals surface area contributed by atoms with Crippen LogP contribution in [0, 0.1) is 0 Å². The van der Waals surface area contributed by atoms with Crippen LogP contribution in [0.3, 0.4) is 0 Å². The molecule has 0 radical (unpaired) electrons. The fourth-order valence-electron chi connectivity index (χ4n) is 2.83. The molecule has 0 heterocycles. The molecule has 2 rings (SSSR count). The fraction of sp³-hybridized carbons (Fsp3) is 0.350. The Labute approximate surface area is 168 Å². The van der Waals surface area contributed by atoms with Crippen LogP contribution in [0.5, 0.6) is 5.75 Å². The van der Waals surface area contributed by atoms with Crippen molar-refractivity contribution in [2.75, 3.05) is 20.8 Å². The van der Waals surface area contributed by atoms with Crippen molar-refractivity contribution in [3.8, 4) is 16.9 Å². The standard InChI is InChI=1S/C20H19F6NO3/c1-29-17-6-3-12(8-18(28)30-2)7-16(17)15-5-4-14(20(24,25)26)9-13(15)10-27-11-19(21,22)23/h3-7,9,27H,8,10-11H2,1-2H3. The van der Waals surface area contributed by atoms with Crippen molar-refractivity contribution in [3.63, 3.8) is 0 Å². The second-order valence-electron chi connectivity index (χ2n) is 6.38. The minimum absolute atomic E-state index is 0.00240. The summed E-state index contributed by atoms with van der Waals surface area (Å²) >= 11 is 0. The third-order valence-electron chi connectivity index (χ3n) is 4.20. The van der Waals surface area contributed by atoms with Crippen molar-refractivity contribution in [2.45, 2.75) is 25.3 Å². The van der Waals surface area contributed by atoms with Gasteiger partial charge in [0.15, 0.2) is 0 Å². The first kappa shape index (κ1) is 23.5. The van der Waals surface area contributed by atoms with E-state index in [0.29, 0.717) is 16.9 Å². The van der Waals surface area contributed by atoms with Gasteiger partial charge in [0.05, 0.1) is 32.7 Å². The summed E-state index contributed by atoms with van der Waals surface area (Å²) < 4.78 is 86.7. The Morgan fingerprint density at radius 2 is 1.67 bits per heavy atom. The van der Waals surface area contributed by atoms with Crippen molar-refractivity contribution >= 4 is 5.97 Å². The van der Waals surface area contributed by atoms with Gasteiger partial charge in [0, 0.05) is 12.1 Å². The van der Waals surface area contributed by atoms with Gasteiger partial charge in [-0.1, -0.05) is 12.1 Å². The van der Waals surface area contributed by atoms with Gasteiger partial charge < -0.3 is 14.8 Å². The van der Waals surface area contributed by atoms with E-state index in [1.54, 1.807) is 6.07 Å². The molecular weight excluding hydrogens is 416 g/mol. The van der Waals surface area contributed by atoms with Gasteiger partial charge in [-0.25, -0.2) is 0 Å². The summed E-state index contributed by atoms with van der Waals surface area (Å²) in [6.45, 7) is -1.81. The van der Waals surface area contributed by atoms with Crippen LogP contribution in [-0.4, -0.2) is 32.9 Å². The average molecular weight is 435 g/mol. The van der Waals surface area contributed by atoms with E-state index in [4.69, 9.17) is 4.74 Å². The Balaban J connectivity index is 2.52. The van der Waals surface area contributed by atoms with Crippen LogP contribution in [0.1, 0.15) is 16.7 Å². The van der Waals surface area contributed by atoms with Crippen molar-refractivity contribution < 1.29 is 40.6 Å². The van der Waals surface area contributed by atoms with Gasteiger partial charge in [0.2, 0.25) is 0 Å². The van der Waals surface area contributed by atoms with E-state index in [9.17, 15) is 31.1 Å². The summed E-state index contributed by atoms with van der Waals surface area (Å²) in [7, 11) is 2.57. The highest BCUT2D eigenvalue weighted by molar-refractivity contribution is 5.77. The topological polar surface area (TPSA) is 47.6 Å². The number of methoxy groups -OCH3 is 2. The molecule has 0 saturated heterocycles. The first-order valence-corrected chi connectivity index (χ1v) is 8.66.